The van der Waals surface area contributed by atoms with Crippen molar-refractivity contribution in [2.24, 2.45) is 5.41 Å². The lowest BCUT2D eigenvalue weighted by molar-refractivity contribution is -0.153. The zero-order chi connectivity index (χ0) is 15.6. The van der Waals surface area contributed by atoms with Crippen LogP contribution in [0.2, 0.25) is 0 Å². The minimum atomic E-state index is -1.69. The van der Waals surface area contributed by atoms with Crippen LogP contribution < -0.4 is 10.6 Å². The standard InChI is InChI=1S/C13H13F3N2O3/c14-7-2-3-8(10(16)9(7)15)18-12(21)17-6-13(11(19)20)4-1-5-13/h2-3H,1,4-6H2,(H,19,20)(H2,17,18,21). The van der Waals surface area contributed by atoms with E-state index in [0.29, 0.717) is 18.9 Å². The first-order chi connectivity index (χ1) is 9.85. The van der Waals surface area contributed by atoms with Gasteiger partial charge in [0.05, 0.1) is 11.1 Å². The highest BCUT2D eigenvalue weighted by molar-refractivity contribution is 5.90. The van der Waals surface area contributed by atoms with E-state index >= 15 is 0 Å². The summed E-state index contributed by atoms with van der Waals surface area (Å²) in [5.41, 5.74) is -1.52. The average molecular weight is 302 g/mol. The van der Waals surface area contributed by atoms with Crippen LogP contribution in [0.3, 0.4) is 0 Å². The van der Waals surface area contributed by atoms with E-state index in [0.717, 1.165) is 12.5 Å². The molecule has 114 valence electrons. The first kappa shape index (κ1) is 15.1. The Balaban J connectivity index is 1.97. The van der Waals surface area contributed by atoms with E-state index in [1.807, 2.05) is 5.32 Å². The number of nitrogens with one attached hydrogen (secondary N) is 2. The summed E-state index contributed by atoms with van der Waals surface area (Å²) in [7, 11) is 0. The second-order valence-electron chi connectivity index (χ2n) is 4.97. The minimum Gasteiger partial charge on any atom is -0.481 e. The van der Waals surface area contributed by atoms with E-state index in [2.05, 4.69) is 5.32 Å². The minimum absolute atomic E-state index is 0.112. The molecule has 5 nitrogen and oxygen atoms in total. The molecule has 21 heavy (non-hydrogen) atoms. The van der Waals surface area contributed by atoms with Crippen molar-refractivity contribution < 1.29 is 27.9 Å². The fraction of sp³-hybridized carbons (Fsp3) is 0.385. The summed E-state index contributed by atoms with van der Waals surface area (Å²) in [6.45, 7) is -0.112. The smallest absolute Gasteiger partial charge is 0.319 e. The molecule has 2 rings (SSSR count). The van der Waals surface area contributed by atoms with Gasteiger partial charge in [-0.25, -0.2) is 18.0 Å². The number of halogens is 3. The van der Waals surface area contributed by atoms with Crippen LogP contribution in [-0.4, -0.2) is 23.7 Å². The molecule has 0 unspecified atom stereocenters. The Morgan fingerprint density at radius 3 is 2.38 bits per heavy atom. The third kappa shape index (κ3) is 2.93. The molecular weight excluding hydrogens is 289 g/mol. The lowest BCUT2D eigenvalue weighted by Gasteiger charge is -2.37. The molecule has 2 amide bonds. The molecular formula is C13H13F3N2O3. The number of aliphatic carboxylic acids is 1. The Morgan fingerprint density at radius 1 is 1.19 bits per heavy atom. The van der Waals surface area contributed by atoms with Crippen molar-refractivity contribution in [2.45, 2.75) is 19.3 Å². The van der Waals surface area contributed by atoms with Gasteiger partial charge in [-0.3, -0.25) is 4.79 Å². The highest BCUT2D eigenvalue weighted by Crippen LogP contribution is 2.40. The molecule has 1 fully saturated rings. The van der Waals surface area contributed by atoms with E-state index in [9.17, 15) is 22.8 Å². The van der Waals surface area contributed by atoms with E-state index in [1.54, 1.807) is 0 Å². The number of carbonyl (C=O) groups excluding carboxylic acids is 1. The van der Waals surface area contributed by atoms with Crippen molar-refractivity contribution in [3.63, 3.8) is 0 Å². The predicted octanol–water partition coefficient (Wildman–Crippen LogP) is 2.48. The molecule has 0 saturated heterocycles. The van der Waals surface area contributed by atoms with Crippen molar-refractivity contribution in [1.29, 1.82) is 0 Å². The number of carboxylic acid groups (broad SMARTS) is 1. The molecule has 3 N–H and O–H groups in total. The number of carboxylic acids is 1. The van der Waals surface area contributed by atoms with Gasteiger partial charge in [-0.2, -0.15) is 0 Å². The number of hydrogen-bond acceptors (Lipinski definition) is 2. The van der Waals surface area contributed by atoms with Crippen LogP contribution in [0.4, 0.5) is 23.7 Å². The Hall–Kier alpha value is -2.25. The number of amides is 2. The van der Waals surface area contributed by atoms with Crippen LogP contribution in [0.5, 0.6) is 0 Å². The van der Waals surface area contributed by atoms with Crippen molar-refractivity contribution in [3.05, 3.63) is 29.6 Å². The lowest BCUT2D eigenvalue weighted by Crippen LogP contribution is -2.48. The number of carbonyl (C=O) groups is 2. The van der Waals surface area contributed by atoms with E-state index in [1.165, 1.54) is 0 Å². The van der Waals surface area contributed by atoms with Crippen molar-refractivity contribution >= 4 is 17.7 Å². The first-order valence-corrected chi connectivity index (χ1v) is 6.27. The van der Waals surface area contributed by atoms with Gasteiger partial charge in [0.1, 0.15) is 0 Å². The van der Waals surface area contributed by atoms with E-state index < -0.39 is 40.6 Å². The highest BCUT2D eigenvalue weighted by atomic mass is 19.2. The maximum absolute atomic E-state index is 13.4. The summed E-state index contributed by atoms with van der Waals surface area (Å²) in [5, 5.41) is 13.4. The quantitative estimate of drug-likeness (QED) is 0.748. The summed E-state index contributed by atoms with van der Waals surface area (Å²) in [5.74, 6) is -5.57. The lowest BCUT2D eigenvalue weighted by atomic mass is 9.69. The molecule has 0 spiro atoms. The predicted molar refractivity (Wildman–Crippen MR) is 67.3 cm³/mol. The Morgan fingerprint density at radius 2 is 1.86 bits per heavy atom. The second-order valence-corrected chi connectivity index (χ2v) is 4.97. The maximum atomic E-state index is 13.4. The van der Waals surface area contributed by atoms with Gasteiger partial charge in [0, 0.05) is 6.54 Å². The van der Waals surface area contributed by atoms with Crippen LogP contribution in [-0.2, 0) is 4.79 Å². The number of rotatable bonds is 4. The molecule has 1 aromatic rings. The van der Waals surface area contributed by atoms with Gasteiger partial charge in [-0.1, -0.05) is 6.42 Å². The van der Waals surface area contributed by atoms with Gasteiger partial charge in [-0.05, 0) is 25.0 Å². The average Bonchev–Trinajstić information content (AvgIpc) is 2.38. The normalized spacial score (nSPS) is 16.0. The Bertz CT molecular complexity index is 588. The van der Waals surface area contributed by atoms with Gasteiger partial charge in [-0.15, -0.1) is 0 Å². The zero-order valence-electron chi connectivity index (χ0n) is 10.9. The number of urea groups is 1. The molecule has 1 aromatic carbocycles. The molecule has 1 aliphatic rings. The van der Waals surface area contributed by atoms with Crippen LogP contribution in [0.1, 0.15) is 19.3 Å². The van der Waals surface area contributed by atoms with Crippen molar-refractivity contribution in [3.8, 4) is 0 Å². The number of benzene rings is 1. The van der Waals surface area contributed by atoms with E-state index in [-0.39, 0.29) is 6.54 Å². The van der Waals surface area contributed by atoms with Crippen LogP contribution in [0, 0.1) is 22.9 Å². The molecule has 0 heterocycles. The molecule has 0 radical (unpaired) electrons. The van der Waals surface area contributed by atoms with Gasteiger partial charge in [0.2, 0.25) is 0 Å². The maximum Gasteiger partial charge on any atom is 0.319 e. The zero-order valence-corrected chi connectivity index (χ0v) is 10.9. The summed E-state index contributed by atoms with van der Waals surface area (Å²) >= 11 is 0. The third-order valence-corrected chi connectivity index (χ3v) is 3.64. The Kier molecular flexibility index (Phi) is 4.06. The van der Waals surface area contributed by atoms with Gasteiger partial charge in [0.15, 0.2) is 17.5 Å². The van der Waals surface area contributed by atoms with Gasteiger partial charge in [0.25, 0.3) is 0 Å². The second kappa shape index (κ2) is 5.63. The molecule has 0 bridgehead atoms. The van der Waals surface area contributed by atoms with Gasteiger partial charge >= 0.3 is 12.0 Å². The largest absolute Gasteiger partial charge is 0.481 e. The fourth-order valence-corrected chi connectivity index (χ4v) is 2.11. The summed E-state index contributed by atoms with van der Waals surface area (Å²) < 4.78 is 39.1. The van der Waals surface area contributed by atoms with Crippen molar-refractivity contribution in [2.75, 3.05) is 11.9 Å². The van der Waals surface area contributed by atoms with Gasteiger partial charge < -0.3 is 15.7 Å². The molecule has 8 heteroatoms. The number of hydrogen-bond donors (Lipinski definition) is 3. The molecule has 1 saturated carbocycles. The SMILES string of the molecule is O=C(NCC1(C(=O)O)CCC1)Nc1ccc(F)c(F)c1F. The highest BCUT2D eigenvalue weighted by Gasteiger charge is 2.44. The first-order valence-electron chi connectivity index (χ1n) is 6.27. The number of anilines is 1. The van der Waals surface area contributed by atoms with Crippen LogP contribution in [0.25, 0.3) is 0 Å². The molecule has 0 atom stereocenters. The molecule has 1 aliphatic carbocycles. The van der Waals surface area contributed by atoms with Crippen LogP contribution >= 0.6 is 0 Å². The van der Waals surface area contributed by atoms with Crippen molar-refractivity contribution in [1.82, 2.24) is 5.32 Å². The topological polar surface area (TPSA) is 78.4 Å². The van der Waals surface area contributed by atoms with E-state index in [4.69, 9.17) is 5.11 Å². The van der Waals surface area contributed by atoms with Crippen LogP contribution in [0.15, 0.2) is 12.1 Å². The fourth-order valence-electron chi connectivity index (χ4n) is 2.11. The third-order valence-electron chi connectivity index (χ3n) is 3.64. The summed E-state index contributed by atoms with van der Waals surface area (Å²) in [6.07, 6.45) is 1.65. The Labute approximate surface area is 118 Å². The monoisotopic (exact) mass is 302 g/mol. The summed E-state index contributed by atoms with van der Waals surface area (Å²) in [6, 6.07) is 0.676. The molecule has 0 aromatic heterocycles. The summed E-state index contributed by atoms with van der Waals surface area (Å²) in [4.78, 5) is 22.7. The molecule has 0 aliphatic heterocycles.